The molecule has 0 fully saturated rings. The lowest BCUT2D eigenvalue weighted by molar-refractivity contribution is -0.122. The van der Waals surface area contributed by atoms with E-state index >= 15 is 0 Å². The summed E-state index contributed by atoms with van der Waals surface area (Å²) in [7, 11) is 0. The lowest BCUT2D eigenvalue weighted by Crippen LogP contribution is -2.28. The molecular weight excluding hydrogens is 262 g/mol. The molecule has 0 radical (unpaired) electrons. The number of amides is 1. The average molecular weight is 287 g/mol. The molecule has 1 amide bonds. The van der Waals surface area contributed by atoms with Crippen molar-refractivity contribution in [3.8, 4) is 11.8 Å². The zero-order valence-electron chi connectivity index (χ0n) is 13.4. The number of rotatable bonds is 4. The Bertz CT molecular complexity index is 532. The van der Waals surface area contributed by atoms with Gasteiger partial charge in [0, 0.05) is 18.5 Å². The van der Waals surface area contributed by atoms with Crippen LogP contribution in [0.3, 0.4) is 0 Å². The molecule has 0 bridgehead atoms. The van der Waals surface area contributed by atoms with Crippen LogP contribution in [0.1, 0.15) is 45.2 Å². The highest BCUT2D eigenvalue weighted by Gasteiger charge is 2.22. The predicted molar refractivity (Wildman–Crippen MR) is 85.5 cm³/mol. The van der Waals surface area contributed by atoms with Crippen LogP contribution in [0.15, 0.2) is 24.3 Å². The summed E-state index contributed by atoms with van der Waals surface area (Å²) in [5.74, 6) is 5.89. The molecule has 114 valence electrons. The summed E-state index contributed by atoms with van der Waals surface area (Å²) in [4.78, 5) is 12.0. The van der Waals surface area contributed by atoms with Crippen LogP contribution in [0.5, 0.6) is 0 Å². The quantitative estimate of drug-likeness (QED) is 0.837. The lowest BCUT2D eigenvalue weighted by atomic mass is 9.80. The molecule has 1 rings (SSSR count). The second-order valence-corrected chi connectivity index (χ2v) is 6.41. The van der Waals surface area contributed by atoms with Crippen molar-refractivity contribution in [2.24, 2.45) is 11.3 Å². The first-order valence-corrected chi connectivity index (χ1v) is 7.28. The van der Waals surface area contributed by atoms with E-state index in [1.54, 1.807) is 0 Å². The van der Waals surface area contributed by atoms with E-state index in [1.807, 2.05) is 24.3 Å². The summed E-state index contributed by atoms with van der Waals surface area (Å²) in [6.45, 7) is 8.90. The Kier molecular flexibility index (Phi) is 6.45. The SMILES string of the molecule is CC(CC(=O)NCc1cccc(C#CCO)c1)C(C)(C)C. The van der Waals surface area contributed by atoms with Gasteiger partial charge in [-0.1, -0.05) is 51.7 Å². The molecule has 0 saturated heterocycles. The Hall–Kier alpha value is -1.79. The van der Waals surface area contributed by atoms with Gasteiger partial charge < -0.3 is 10.4 Å². The third kappa shape index (κ3) is 6.46. The molecule has 0 aliphatic carbocycles. The van der Waals surface area contributed by atoms with Gasteiger partial charge in [0.15, 0.2) is 0 Å². The fraction of sp³-hybridized carbons (Fsp3) is 0.500. The Balaban J connectivity index is 2.53. The predicted octanol–water partition coefficient (Wildman–Crippen LogP) is 2.72. The molecule has 0 aliphatic heterocycles. The average Bonchev–Trinajstić information content (AvgIpc) is 2.42. The molecule has 1 aromatic carbocycles. The Labute approximate surface area is 127 Å². The highest BCUT2D eigenvalue weighted by atomic mass is 16.2. The summed E-state index contributed by atoms with van der Waals surface area (Å²) in [6, 6.07) is 7.67. The van der Waals surface area contributed by atoms with Gasteiger partial charge in [0.1, 0.15) is 6.61 Å². The summed E-state index contributed by atoms with van der Waals surface area (Å²) >= 11 is 0. The maximum atomic E-state index is 12.0. The second-order valence-electron chi connectivity index (χ2n) is 6.41. The van der Waals surface area contributed by atoms with E-state index in [0.29, 0.717) is 18.9 Å². The minimum atomic E-state index is -0.147. The normalized spacial score (nSPS) is 12.2. The minimum absolute atomic E-state index is 0.0734. The number of hydrogen-bond acceptors (Lipinski definition) is 2. The molecule has 3 heteroatoms. The largest absolute Gasteiger partial charge is 0.384 e. The molecule has 1 atom stereocenters. The number of benzene rings is 1. The first-order valence-electron chi connectivity index (χ1n) is 7.28. The smallest absolute Gasteiger partial charge is 0.220 e. The Morgan fingerprint density at radius 1 is 1.38 bits per heavy atom. The van der Waals surface area contributed by atoms with Gasteiger partial charge in [0.05, 0.1) is 0 Å². The first-order chi connectivity index (χ1) is 9.82. The molecule has 0 aromatic heterocycles. The monoisotopic (exact) mass is 287 g/mol. The van der Waals surface area contributed by atoms with Crippen LogP contribution in [0.25, 0.3) is 0 Å². The fourth-order valence-electron chi connectivity index (χ4n) is 1.76. The highest BCUT2D eigenvalue weighted by molar-refractivity contribution is 5.76. The van der Waals surface area contributed by atoms with Crippen molar-refractivity contribution < 1.29 is 9.90 Å². The number of hydrogen-bond donors (Lipinski definition) is 2. The summed E-state index contributed by atoms with van der Waals surface area (Å²) in [5, 5.41) is 11.6. The van der Waals surface area contributed by atoms with Crippen LogP contribution >= 0.6 is 0 Å². The summed E-state index contributed by atoms with van der Waals surface area (Å²) in [5.41, 5.74) is 1.99. The van der Waals surface area contributed by atoms with Gasteiger partial charge in [0.2, 0.25) is 5.91 Å². The molecule has 0 aliphatic rings. The molecule has 1 aromatic rings. The minimum Gasteiger partial charge on any atom is -0.384 e. The van der Waals surface area contributed by atoms with E-state index in [-0.39, 0.29) is 17.9 Å². The standard InChI is InChI=1S/C18H25NO2/c1-14(18(2,3)4)11-17(21)19-13-16-8-5-7-15(12-16)9-6-10-20/h5,7-8,12,14,20H,10-11,13H2,1-4H3,(H,19,21). The maximum absolute atomic E-state index is 12.0. The third-order valence-electron chi connectivity index (χ3n) is 3.70. The van der Waals surface area contributed by atoms with Crippen molar-refractivity contribution in [2.45, 2.75) is 40.7 Å². The van der Waals surface area contributed by atoms with Gasteiger partial charge in [0.25, 0.3) is 0 Å². The molecule has 21 heavy (non-hydrogen) atoms. The van der Waals surface area contributed by atoms with Gasteiger partial charge in [-0.25, -0.2) is 0 Å². The molecule has 0 heterocycles. The van der Waals surface area contributed by atoms with E-state index in [9.17, 15) is 4.79 Å². The van der Waals surface area contributed by atoms with E-state index < -0.39 is 0 Å². The molecule has 0 spiro atoms. The van der Waals surface area contributed by atoms with Crippen LogP contribution in [-0.2, 0) is 11.3 Å². The van der Waals surface area contributed by atoms with Crippen molar-refractivity contribution in [1.82, 2.24) is 5.32 Å². The van der Waals surface area contributed by atoms with E-state index in [1.165, 1.54) is 0 Å². The second kappa shape index (κ2) is 7.85. The zero-order valence-corrected chi connectivity index (χ0v) is 13.4. The lowest BCUT2D eigenvalue weighted by Gasteiger charge is -2.26. The number of carbonyl (C=O) groups excluding carboxylic acids is 1. The van der Waals surface area contributed by atoms with Crippen LogP contribution < -0.4 is 5.32 Å². The van der Waals surface area contributed by atoms with Crippen LogP contribution in [0.4, 0.5) is 0 Å². The van der Waals surface area contributed by atoms with Crippen molar-refractivity contribution in [1.29, 1.82) is 0 Å². The van der Waals surface area contributed by atoms with E-state index in [4.69, 9.17) is 5.11 Å². The van der Waals surface area contributed by atoms with Gasteiger partial charge in [-0.3, -0.25) is 4.79 Å². The maximum Gasteiger partial charge on any atom is 0.220 e. The van der Waals surface area contributed by atoms with Crippen molar-refractivity contribution in [2.75, 3.05) is 6.61 Å². The first kappa shape index (κ1) is 17.3. The van der Waals surface area contributed by atoms with Crippen molar-refractivity contribution >= 4 is 5.91 Å². The molecule has 3 nitrogen and oxygen atoms in total. The topological polar surface area (TPSA) is 49.3 Å². The number of carbonyl (C=O) groups is 1. The van der Waals surface area contributed by atoms with Crippen molar-refractivity contribution in [3.05, 3.63) is 35.4 Å². The molecule has 2 N–H and O–H groups in total. The third-order valence-corrected chi connectivity index (χ3v) is 3.70. The van der Waals surface area contributed by atoms with Crippen LogP contribution in [0.2, 0.25) is 0 Å². The molecule has 1 unspecified atom stereocenters. The fourth-order valence-corrected chi connectivity index (χ4v) is 1.76. The Morgan fingerprint density at radius 2 is 2.10 bits per heavy atom. The van der Waals surface area contributed by atoms with Crippen molar-refractivity contribution in [3.63, 3.8) is 0 Å². The number of nitrogens with one attached hydrogen (secondary N) is 1. The van der Waals surface area contributed by atoms with E-state index in [0.717, 1.165) is 11.1 Å². The van der Waals surface area contributed by atoms with Gasteiger partial charge in [-0.2, -0.15) is 0 Å². The Morgan fingerprint density at radius 3 is 2.71 bits per heavy atom. The molecule has 0 saturated carbocycles. The van der Waals surface area contributed by atoms with Gasteiger partial charge >= 0.3 is 0 Å². The summed E-state index contributed by atoms with van der Waals surface area (Å²) in [6.07, 6.45) is 0.535. The highest BCUT2D eigenvalue weighted by Crippen LogP contribution is 2.27. The van der Waals surface area contributed by atoms with Crippen LogP contribution in [0, 0.1) is 23.2 Å². The van der Waals surface area contributed by atoms with Gasteiger partial charge in [-0.05, 0) is 29.0 Å². The molecular formula is C18H25NO2. The zero-order chi connectivity index (χ0) is 15.9. The number of aliphatic hydroxyl groups excluding tert-OH is 1. The number of aliphatic hydroxyl groups is 1. The van der Waals surface area contributed by atoms with Gasteiger partial charge in [-0.15, -0.1) is 0 Å². The van der Waals surface area contributed by atoms with Crippen LogP contribution in [-0.4, -0.2) is 17.6 Å². The van der Waals surface area contributed by atoms with E-state index in [2.05, 4.69) is 44.9 Å². The summed E-state index contributed by atoms with van der Waals surface area (Å²) < 4.78 is 0.